The number of hydrogen-bond donors (Lipinski definition) is 0. The van der Waals surface area contributed by atoms with Crippen LogP contribution in [-0.4, -0.2) is 42.5 Å². The molecule has 31 heavy (non-hydrogen) atoms. The van der Waals surface area contributed by atoms with E-state index in [-0.39, 0.29) is 41.0 Å². The molecule has 5 nitrogen and oxygen atoms in total. The number of thioether (sulfide) groups is 1. The van der Waals surface area contributed by atoms with E-state index in [1.165, 1.54) is 0 Å². The monoisotopic (exact) mass is 455 g/mol. The highest BCUT2D eigenvalue weighted by Gasteiger charge is 2.35. The van der Waals surface area contributed by atoms with E-state index < -0.39 is 9.84 Å². The van der Waals surface area contributed by atoms with Gasteiger partial charge in [-0.2, -0.15) is 0 Å². The van der Waals surface area contributed by atoms with Gasteiger partial charge in [0.2, 0.25) is 5.91 Å². The quantitative estimate of drug-likeness (QED) is 0.506. The first-order valence-electron chi connectivity index (χ1n) is 10.3. The lowest BCUT2D eigenvalue weighted by atomic mass is 10.0. The molecule has 7 heteroatoms. The molecule has 0 saturated carbocycles. The zero-order valence-corrected chi connectivity index (χ0v) is 18.7. The summed E-state index contributed by atoms with van der Waals surface area (Å²) in [5, 5.41) is 0.0177. The van der Waals surface area contributed by atoms with E-state index in [1.807, 2.05) is 42.5 Å². The summed E-state index contributed by atoms with van der Waals surface area (Å²) in [5.41, 5.74) is 2.26. The Morgan fingerprint density at radius 1 is 1.00 bits per heavy atom. The topological polar surface area (TPSA) is 67.6 Å². The number of nitrogens with zero attached hydrogens (tertiary/aromatic N) is 1. The molecule has 1 aliphatic heterocycles. The molecule has 0 bridgehead atoms. The second kappa shape index (κ2) is 9.75. The second-order valence-corrected chi connectivity index (χ2v) is 11.0. The summed E-state index contributed by atoms with van der Waals surface area (Å²) in [6.07, 6.45) is 2.04. The summed E-state index contributed by atoms with van der Waals surface area (Å²) in [7, 11) is -3.10. The van der Waals surface area contributed by atoms with Gasteiger partial charge >= 0.3 is 0 Å². The van der Waals surface area contributed by atoms with Crippen LogP contribution < -0.4 is 0 Å². The van der Waals surface area contributed by atoms with Crippen LogP contribution in [0.15, 0.2) is 83.5 Å². The minimum Gasteiger partial charge on any atom is -0.467 e. The fourth-order valence-electron chi connectivity index (χ4n) is 3.89. The fourth-order valence-corrected chi connectivity index (χ4v) is 6.80. The molecule has 3 aromatic rings. The van der Waals surface area contributed by atoms with Crippen LogP contribution in [0.3, 0.4) is 0 Å². The maximum absolute atomic E-state index is 13.3. The van der Waals surface area contributed by atoms with E-state index in [4.69, 9.17) is 4.42 Å². The largest absolute Gasteiger partial charge is 0.467 e. The van der Waals surface area contributed by atoms with Gasteiger partial charge in [-0.05, 0) is 29.7 Å². The van der Waals surface area contributed by atoms with E-state index in [2.05, 4.69) is 24.3 Å². The Morgan fingerprint density at radius 2 is 1.65 bits per heavy atom. The lowest BCUT2D eigenvalue weighted by Gasteiger charge is -2.28. The molecule has 162 valence electrons. The first-order valence-corrected chi connectivity index (χ1v) is 13.1. The zero-order valence-electron chi connectivity index (χ0n) is 17.1. The first kappa shape index (κ1) is 21.7. The normalized spacial score (nSPS) is 17.6. The van der Waals surface area contributed by atoms with Gasteiger partial charge in [0.25, 0.3) is 0 Å². The van der Waals surface area contributed by atoms with Gasteiger partial charge < -0.3 is 9.32 Å². The molecule has 2 aromatic carbocycles. The molecule has 1 amide bonds. The van der Waals surface area contributed by atoms with Crippen molar-refractivity contribution in [3.63, 3.8) is 0 Å². The van der Waals surface area contributed by atoms with Crippen LogP contribution in [0.2, 0.25) is 0 Å². The smallest absolute Gasteiger partial charge is 0.233 e. The molecule has 1 aromatic heterocycles. The van der Waals surface area contributed by atoms with Gasteiger partial charge in [-0.15, -0.1) is 11.8 Å². The summed E-state index contributed by atoms with van der Waals surface area (Å²) in [6.45, 7) is 0.286. The lowest BCUT2D eigenvalue weighted by Crippen LogP contribution is -2.41. The van der Waals surface area contributed by atoms with Gasteiger partial charge in [-0.25, -0.2) is 8.42 Å². The van der Waals surface area contributed by atoms with Crippen molar-refractivity contribution in [2.75, 3.05) is 17.3 Å². The van der Waals surface area contributed by atoms with Gasteiger partial charge in [-0.3, -0.25) is 4.79 Å². The highest BCUT2D eigenvalue weighted by atomic mass is 32.2. The number of sulfone groups is 1. The summed E-state index contributed by atoms with van der Waals surface area (Å²) in [5.74, 6) is 0.991. The van der Waals surface area contributed by atoms with Crippen LogP contribution in [0.5, 0.6) is 0 Å². The molecule has 0 radical (unpaired) electrons. The van der Waals surface area contributed by atoms with Crippen molar-refractivity contribution >= 4 is 27.5 Å². The van der Waals surface area contributed by atoms with Crippen molar-refractivity contribution in [3.05, 3.63) is 95.9 Å². The van der Waals surface area contributed by atoms with Crippen molar-refractivity contribution in [1.82, 2.24) is 4.90 Å². The first-order chi connectivity index (χ1) is 15.0. The molecule has 0 unspecified atom stereocenters. The SMILES string of the molecule is O=C(CSC(c1ccccc1)c1ccccc1)N(Cc1ccco1)[C@H]1CCS(=O)(=O)C1. The van der Waals surface area contributed by atoms with Gasteiger partial charge in [0.05, 0.1) is 35.3 Å². The third-order valence-electron chi connectivity index (χ3n) is 5.45. The second-order valence-electron chi connectivity index (χ2n) is 7.67. The number of furan rings is 1. The van der Waals surface area contributed by atoms with Crippen LogP contribution in [0, 0.1) is 0 Å². The third-order valence-corrected chi connectivity index (χ3v) is 8.50. The molecular formula is C24H25NO4S2. The van der Waals surface area contributed by atoms with E-state index >= 15 is 0 Å². The molecule has 1 fully saturated rings. The van der Waals surface area contributed by atoms with Gasteiger partial charge in [0, 0.05) is 6.04 Å². The molecule has 1 saturated heterocycles. The Balaban J connectivity index is 1.52. The number of carbonyl (C=O) groups excluding carboxylic acids is 1. The van der Waals surface area contributed by atoms with Gasteiger partial charge in [-0.1, -0.05) is 60.7 Å². The number of benzene rings is 2. The van der Waals surface area contributed by atoms with Gasteiger partial charge in [0.15, 0.2) is 9.84 Å². The Morgan fingerprint density at radius 3 is 2.16 bits per heavy atom. The number of hydrogen-bond acceptors (Lipinski definition) is 5. The number of carbonyl (C=O) groups is 1. The zero-order chi connectivity index (χ0) is 21.7. The average molecular weight is 456 g/mol. The fraction of sp³-hybridized carbons (Fsp3) is 0.292. The highest BCUT2D eigenvalue weighted by molar-refractivity contribution is 8.00. The molecule has 2 heterocycles. The summed E-state index contributed by atoms with van der Waals surface area (Å²) < 4.78 is 29.5. The minimum atomic E-state index is -3.10. The Labute approximate surface area is 187 Å². The molecule has 1 atom stereocenters. The molecule has 0 spiro atoms. The van der Waals surface area contributed by atoms with Crippen molar-refractivity contribution in [1.29, 1.82) is 0 Å². The Bertz CT molecular complexity index is 1040. The van der Waals surface area contributed by atoms with Crippen molar-refractivity contribution in [2.45, 2.75) is 24.3 Å². The van der Waals surface area contributed by atoms with E-state index in [0.717, 1.165) is 11.1 Å². The van der Waals surface area contributed by atoms with Crippen LogP contribution in [-0.2, 0) is 21.2 Å². The number of rotatable bonds is 8. The van der Waals surface area contributed by atoms with Crippen molar-refractivity contribution < 1.29 is 17.6 Å². The molecule has 4 rings (SSSR count). The standard InChI is InChI=1S/C24H25NO4S2/c26-23(25(16-22-12-7-14-29-22)21-13-15-31(27,28)18-21)17-30-24(19-8-3-1-4-9-19)20-10-5-2-6-11-20/h1-12,14,21,24H,13,15-18H2/t21-/m0/s1. The Kier molecular flexibility index (Phi) is 6.83. The third kappa shape index (κ3) is 5.60. The number of amides is 1. The summed E-state index contributed by atoms with van der Waals surface area (Å²) in [4.78, 5) is 15.0. The van der Waals surface area contributed by atoms with Crippen molar-refractivity contribution in [2.24, 2.45) is 0 Å². The highest BCUT2D eigenvalue weighted by Crippen LogP contribution is 2.36. The van der Waals surface area contributed by atoms with Crippen molar-refractivity contribution in [3.8, 4) is 0 Å². The van der Waals surface area contributed by atoms with Crippen LogP contribution in [0.4, 0.5) is 0 Å². The lowest BCUT2D eigenvalue weighted by molar-refractivity contribution is -0.131. The maximum atomic E-state index is 13.3. The summed E-state index contributed by atoms with van der Waals surface area (Å²) >= 11 is 1.56. The van der Waals surface area contributed by atoms with E-state index in [0.29, 0.717) is 12.2 Å². The molecule has 1 aliphatic rings. The molecule has 0 N–H and O–H groups in total. The van der Waals surface area contributed by atoms with Gasteiger partial charge in [0.1, 0.15) is 5.76 Å². The predicted molar refractivity (Wildman–Crippen MR) is 124 cm³/mol. The molecular weight excluding hydrogens is 430 g/mol. The minimum absolute atomic E-state index is 0.0177. The van der Waals surface area contributed by atoms with Crippen LogP contribution >= 0.6 is 11.8 Å². The van der Waals surface area contributed by atoms with Crippen LogP contribution in [0.25, 0.3) is 0 Å². The van der Waals surface area contributed by atoms with Crippen LogP contribution in [0.1, 0.15) is 28.6 Å². The Hall–Kier alpha value is -2.51. The van der Waals surface area contributed by atoms with E-state index in [1.54, 1.807) is 29.0 Å². The average Bonchev–Trinajstić information content (AvgIpc) is 3.42. The summed E-state index contributed by atoms with van der Waals surface area (Å²) in [6, 6.07) is 23.5. The maximum Gasteiger partial charge on any atom is 0.233 e. The van der Waals surface area contributed by atoms with E-state index in [9.17, 15) is 13.2 Å². The molecule has 0 aliphatic carbocycles. The predicted octanol–water partition coefficient (Wildman–Crippen LogP) is 4.32.